The molecule has 0 spiro atoms. The smallest absolute Gasteiger partial charge is 0.150 e. The highest BCUT2D eigenvalue weighted by atomic mass is 16.3. The molecule has 0 saturated carbocycles. The molecule has 1 heterocycles. The van der Waals surface area contributed by atoms with Crippen LogP contribution in [-0.4, -0.2) is 30.6 Å². The van der Waals surface area contributed by atoms with Gasteiger partial charge in [-0.15, -0.1) is 0 Å². The van der Waals surface area contributed by atoms with Crippen LogP contribution in [0.3, 0.4) is 0 Å². The highest BCUT2D eigenvalue weighted by Gasteiger charge is 2.30. The van der Waals surface area contributed by atoms with E-state index >= 15 is 0 Å². The third-order valence-electron chi connectivity index (χ3n) is 2.99. The van der Waals surface area contributed by atoms with Crippen LogP contribution in [0.1, 0.15) is 17.3 Å². The summed E-state index contributed by atoms with van der Waals surface area (Å²) in [5.41, 5.74) is 1.82. The number of nitrogens with zero attached hydrogens (tertiary/aromatic N) is 1. The summed E-state index contributed by atoms with van der Waals surface area (Å²) in [6.07, 6.45) is 0.619. The molecule has 3 heteroatoms. The fourth-order valence-corrected chi connectivity index (χ4v) is 1.79. The van der Waals surface area contributed by atoms with Gasteiger partial charge in [0.15, 0.2) is 0 Å². The third-order valence-corrected chi connectivity index (χ3v) is 2.99. The monoisotopic (exact) mass is 205 g/mol. The van der Waals surface area contributed by atoms with Crippen molar-refractivity contribution in [2.45, 2.75) is 13.0 Å². The molecule has 1 N–H and O–H groups in total. The number of hydrogen-bond acceptors (Lipinski definition) is 3. The second-order valence-electron chi connectivity index (χ2n) is 4.12. The molecule has 0 unspecified atom stereocenters. The van der Waals surface area contributed by atoms with Crippen molar-refractivity contribution < 1.29 is 9.90 Å². The zero-order valence-electron chi connectivity index (χ0n) is 8.76. The van der Waals surface area contributed by atoms with Crippen molar-refractivity contribution in [3.8, 4) is 0 Å². The van der Waals surface area contributed by atoms with Gasteiger partial charge in [-0.2, -0.15) is 0 Å². The third kappa shape index (κ3) is 2.02. The number of hydrogen-bond donors (Lipinski definition) is 1. The first kappa shape index (κ1) is 10.2. The number of carbonyl (C=O) groups is 1. The van der Waals surface area contributed by atoms with E-state index in [-0.39, 0.29) is 6.10 Å². The van der Waals surface area contributed by atoms with Crippen LogP contribution in [0.25, 0.3) is 0 Å². The average molecular weight is 205 g/mol. The molecule has 1 atom stereocenters. The first-order chi connectivity index (χ1) is 7.20. The minimum absolute atomic E-state index is 0.226. The number of benzene rings is 1. The quantitative estimate of drug-likeness (QED) is 0.756. The van der Waals surface area contributed by atoms with Gasteiger partial charge < -0.3 is 10.0 Å². The number of carbonyl (C=O) groups excluding carboxylic acids is 1. The molecule has 1 aromatic rings. The second-order valence-corrected chi connectivity index (χ2v) is 4.12. The highest BCUT2D eigenvalue weighted by molar-refractivity contribution is 5.75. The number of rotatable bonds is 3. The first-order valence-corrected chi connectivity index (χ1v) is 5.19. The Morgan fingerprint density at radius 3 is 2.47 bits per heavy atom. The van der Waals surface area contributed by atoms with Gasteiger partial charge >= 0.3 is 0 Å². The minimum Gasteiger partial charge on any atom is -0.393 e. The maximum absolute atomic E-state index is 10.5. The Labute approximate surface area is 89.3 Å². The van der Waals surface area contributed by atoms with Gasteiger partial charge in [0, 0.05) is 30.3 Å². The maximum Gasteiger partial charge on any atom is 0.150 e. The van der Waals surface area contributed by atoms with Crippen LogP contribution in [-0.2, 0) is 0 Å². The molecule has 2 rings (SSSR count). The summed E-state index contributed by atoms with van der Waals surface area (Å²) in [7, 11) is 0. The van der Waals surface area contributed by atoms with Crippen LogP contribution >= 0.6 is 0 Å². The van der Waals surface area contributed by atoms with Gasteiger partial charge in [0.1, 0.15) is 6.29 Å². The Bertz CT molecular complexity index is 339. The zero-order chi connectivity index (χ0) is 10.8. The van der Waals surface area contributed by atoms with E-state index in [9.17, 15) is 9.90 Å². The summed E-state index contributed by atoms with van der Waals surface area (Å²) in [5.74, 6) is 0.385. The molecule has 1 aliphatic heterocycles. The lowest BCUT2D eigenvalue weighted by molar-refractivity contribution is 0.107. The Morgan fingerprint density at radius 1 is 1.40 bits per heavy atom. The van der Waals surface area contributed by atoms with Crippen molar-refractivity contribution >= 4 is 12.0 Å². The van der Waals surface area contributed by atoms with E-state index in [0.29, 0.717) is 11.5 Å². The Morgan fingerprint density at radius 2 is 2.00 bits per heavy atom. The van der Waals surface area contributed by atoms with Crippen molar-refractivity contribution in [2.75, 3.05) is 18.0 Å². The van der Waals surface area contributed by atoms with E-state index in [1.165, 1.54) is 0 Å². The van der Waals surface area contributed by atoms with E-state index in [2.05, 4.69) is 4.90 Å². The minimum atomic E-state index is -0.226. The zero-order valence-corrected chi connectivity index (χ0v) is 8.76. The van der Waals surface area contributed by atoms with Crippen LogP contribution in [0.4, 0.5) is 5.69 Å². The van der Waals surface area contributed by atoms with Crippen molar-refractivity contribution in [2.24, 2.45) is 5.92 Å². The molecule has 15 heavy (non-hydrogen) atoms. The molecule has 0 aromatic heterocycles. The summed E-state index contributed by atoms with van der Waals surface area (Å²) in [5, 5.41) is 9.35. The Hall–Kier alpha value is -1.35. The van der Waals surface area contributed by atoms with Gasteiger partial charge in [-0.05, 0) is 31.2 Å². The number of anilines is 1. The fraction of sp³-hybridized carbons (Fsp3) is 0.417. The molecule has 0 bridgehead atoms. The van der Waals surface area contributed by atoms with Gasteiger partial charge in [0.05, 0.1) is 6.10 Å². The first-order valence-electron chi connectivity index (χ1n) is 5.19. The standard InChI is InChI=1S/C12H15NO2/c1-9(15)11-6-13(7-11)12-4-2-10(8-14)3-5-12/h2-5,8-9,11,15H,6-7H2,1H3/t9-/m1/s1. The van der Waals surface area contributed by atoms with Crippen molar-refractivity contribution in [1.82, 2.24) is 0 Å². The largest absolute Gasteiger partial charge is 0.393 e. The highest BCUT2D eigenvalue weighted by Crippen LogP contribution is 2.26. The molecule has 0 radical (unpaired) electrons. The normalized spacial score (nSPS) is 18.4. The molecule has 80 valence electrons. The van der Waals surface area contributed by atoms with Crippen LogP contribution in [0.15, 0.2) is 24.3 Å². The van der Waals surface area contributed by atoms with Crippen molar-refractivity contribution in [3.05, 3.63) is 29.8 Å². The Balaban J connectivity index is 1.98. The van der Waals surface area contributed by atoms with Crippen LogP contribution in [0.5, 0.6) is 0 Å². The lowest BCUT2D eigenvalue weighted by Gasteiger charge is -2.42. The molecule has 1 aliphatic rings. The molecule has 0 amide bonds. The van der Waals surface area contributed by atoms with Gasteiger partial charge in [0.2, 0.25) is 0 Å². The number of aliphatic hydroxyl groups excluding tert-OH is 1. The van der Waals surface area contributed by atoms with Gasteiger partial charge in [0.25, 0.3) is 0 Å². The van der Waals surface area contributed by atoms with Crippen LogP contribution in [0, 0.1) is 5.92 Å². The fourth-order valence-electron chi connectivity index (χ4n) is 1.79. The van der Waals surface area contributed by atoms with Gasteiger partial charge in [-0.25, -0.2) is 0 Å². The summed E-state index contributed by atoms with van der Waals surface area (Å²) < 4.78 is 0. The lowest BCUT2D eigenvalue weighted by Crippen LogP contribution is -2.51. The predicted octanol–water partition coefficient (Wildman–Crippen LogP) is 1.32. The van der Waals surface area contributed by atoms with E-state index in [0.717, 1.165) is 25.1 Å². The van der Waals surface area contributed by atoms with Gasteiger partial charge in [-0.1, -0.05) is 0 Å². The topological polar surface area (TPSA) is 40.5 Å². The van der Waals surface area contributed by atoms with Gasteiger partial charge in [-0.3, -0.25) is 4.79 Å². The summed E-state index contributed by atoms with van der Waals surface area (Å²) in [6.45, 7) is 3.63. The molecule has 3 nitrogen and oxygen atoms in total. The van der Waals surface area contributed by atoms with E-state index in [4.69, 9.17) is 0 Å². The number of aldehydes is 1. The molecular weight excluding hydrogens is 190 g/mol. The SMILES string of the molecule is C[C@@H](O)C1CN(c2ccc(C=O)cc2)C1. The summed E-state index contributed by atoms with van der Waals surface area (Å²) in [4.78, 5) is 12.7. The van der Waals surface area contributed by atoms with E-state index in [1.54, 1.807) is 0 Å². The van der Waals surface area contributed by atoms with Crippen molar-refractivity contribution in [3.63, 3.8) is 0 Å². The van der Waals surface area contributed by atoms with Crippen LogP contribution in [0.2, 0.25) is 0 Å². The van der Waals surface area contributed by atoms with Crippen LogP contribution < -0.4 is 4.90 Å². The Kier molecular flexibility index (Phi) is 2.73. The van der Waals surface area contributed by atoms with Crippen molar-refractivity contribution in [1.29, 1.82) is 0 Å². The maximum atomic E-state index is 10.5. The molecule has 0 aliphatic carbocycles. The summed E-state index contributed by atoms with van der Waals surface area (Å²) in [6, 6.07) is 7.53. The average Bonchev–Trinajstić information content (AvgIpc) is 2.16. The van der Waals surface area contributed by atoms with E-state index in [1.807, 2.05) is 31.2 Å². The molecular formula is C12H15NO2. The lowest BCUT2D eigenvalue weighted by atomic mass is 9.94. The second kappa shape index (κ2) is 4.03. The summed E-state index contributed by atoms with van der Waals surface area (Å²) >= 11 is 0. The molecule has 1 fully saturated rings. The molecule has 1 saturated heterocycles. The molecule has 1 aromatic carbocycles. The van der Waals surface area contributed by atoms with E-state index < -0.39 is 0 Å². The number of aliphatic hydroxyl groups is 1. The predicted molar refractivity (Wildman–Crippen MR) is 59.2 cm³/mol.